The van der Waals surface area contributed by atoms with Crippen LogP contribution in [0.1, 0.15) is 5.56 Å². The predicted molar refractivity (Wildman–Crippen MR) is 97.0 cm³/mol. The third-order valence-electron chi connectivity index (χ3n) is 3.95. The lowest BCUT2D eigenvalue weighted by Crippen LogP contribution is -2.43. The lowest BCUT2D eigenvalue weighted by Gasteiger charge is -2.27. The van der Waals surface area contributed by atoms with Gasteiger partial charge in [0.15, 0.2) is 18.1 Å². The molecule has 1 amide bonds. The molecule has 2 heterocycles. The number of benzene rings is 1. The minimum atomic E-state index is -0.115. The van der Waals surface area contributed by atoms with Gasteiger partial charge >= 0.3 is 0 Å². The van der Waals surface area contributed by atoms with Gasteiger partial charge in [-0.3, -0.25) is 4.79 Å². The molecule has 11 heteroatoms. The number of halogens is 1. The summed E-state index contributed by atoms with van der Waals surface area (Å²) in [5, 5.41) is 15.0. The van der Waals surface area contributed by atoms with E-state index in [0.29, 0.717) is 55.3 Å². The highest BCUT2D eigenvalue weighted by molar-refractivity contribution is 6.32. The molecule has 1 fully saturated rings. The summed E-state index contributed by atoms with van der Waals surface area (Å²) in [6, 6.07) is 3.52. The van der Waals surface area contributed by atoms with Crippen molar-refractivity contribution in [1.82, 2.24) is 25.1 Å². The first-order valence-corrected chi connectivity index (χ1v) is 8.77. The van der Waals surface area contributed by atoms with Gasteiger partial charge in [-0.05, 0) is 22.9 Å². The molecule has 0 saturated carbocycles. The summed E-state index contributed by atoms with van der Waals surface area (Å²) >= 11 is 6.34. The number of aryl methyl sites for hydroxylation is 1. The molecule has 0 bridgehead atoms. The smallest absolute Gasteiger partial charge is 0.263 e. The SMILES string of the molecule is COc1cc(CNc2nnn(C)n2)cc(Cl)c1OCC(=O)N1CCOCC1. The second-order valence-corrected chi connectivity index (χ2v) is 6.25. The van der Waals surface area contributed by atoms with E-state index in [1.54, 1.807) is 24.1 Å². The van der Waals surface area contributed by atoms with Crippen LogP contribution in [0.4, 0.5) is 5.95 Å². The maximum atomic E-state index is 12.2. The third kappa shape index (κ3) is 4.98. The van der Waals surface area contributed by atoms with Crippen molar-refractivity contribution in [3.8, 4) is 11.5 Å². The van der Waals surface area contributed by atoms with Crippen LogP contribution in [0.3, 0.4) is 0 Å². The lowest BCUT2D eigenvalue weighted by molar-refractivity contribution is -0.137. The molecule has 1 N–H and O–H groups in total. The maximum absolute atomic E-state index is 12.2. The minimum absolute atomic E-state index is 0.114. The molecular formula is C16H21ClN6O4. The Morgan fingerprint density at radius 2 is 2.15 bits per heavy atom. The highest BCUT2D eigenvalue weighted by Crippen LogP contribution is 2.36. The first-order valence-electron chi connectivity index (χ1n) is 8.39. The van der Waals surface area contributed by atoms with Gasteiger partial charge in [-0.25, -0.2) is 0 Å². The Kier molecular flexibility index (Phi) is 6.30. The molecule has 1 saturated heterocycles. The van der Waals surface area contributed by atoms with Gasteiger partial charge in [-0.1, -0.05) is 16.7 Å². The van der Waals surface area contributed by atoms with Crippen LogP contribution in [0.2, 0.25) is 5.02 Å². The maximum Gasteiger partial charge on any atom is 0.263 e. The number of aromatic nitrogens is 4. The van der Waals surface area contributed by atoms with E-state index in [-0.39, 0.29) is 12.5 Å². The van der Waals surface area contributed by atoms with Crippen LogP contribution in [0.5, 0.6) is 11.5 Å². The van der Waals surface area contributed by atoms with Gasteiger partial charge in [-0.15, -0.1) is 5.10 Å². The molecule has 1 aromatic carbocycles. The van der Waals surface area contributed by atoms with E-state index >= 15 is 0 Å². The van der Waals surface area contributed by atoms with Gasteiger partial charge in [-0.2, -0.15) is 4.80 Å². The van der Waals surface area contributed by atoms with Gasteiger partial charge in [0.2, 0.25) is 0 Å². The van der Waals surface area contributed by atoms with Crippen LogP contribution in [0.25, 0.3) is 0 Å². The lowest BCUT2D eigenvalue weighted by atomic mass is 10.2. The van der Waals surface area contributed by atoms with Crippen LogP contribution in [-0.2, 0) is 23.1 Å². The number of nitrogens with zero attached hydrogens (tertiary/aromatic N) is 5. The summed E-state index contributed by atoms with van der Waals surface area (Å²) in [6.45, 7) is 2.52. The molecule has 0 spiro atoms. The van der Waals surface area contributed by atoms with Gasteiger partial charge in [0.1, 0.15) is 0 Å². The topological polar surface area (TPSA) is 104 Å². The highest BCUT2D eigenvalue weighted by atomic mass is 35.5. The number of rotatable bonds is 7. The van der Waals surface area contributed by atoms with E-state index < -0.39 is 0 Å². The largest absolute Gasteiger partial charge is 0.493 e. The van der Waals surface area contributed by atoms with E-state index in [2.05, 4.69) is 20.7 Å². The molecule has 27 heavy (non-hydrogen) atoms. The third-order valence-corrected chi connectivity index (χ3v) is 4.23. The molecule has 0 radical (unpaired) electrons. The van der Waals surface area contributed by atoms with Crippen molar-refractivity contribution in [2.45, 2.75) is 6.54 Å². The summed E-state index contributed by atoms with van der Waals surface area (Å²) < 4.78 is 16.3. The average Bonchev–Trinajstić information content (AvgIpc) is 3.10. The number of nitrogens with one attached hydrogen (secondary N) is 1. The Morgan fingerprint density at radius 1 is 1.37 bits per heavy atom. The van der Waals surface area contributed by atoms with Crippen molar-refractivity contribution >= 4 is 23.5 Å². The quantitative estimate of drug-likeness (QED) is 0.730. The van der Waals surface area contributed by atoms with Crippen LogP contribution in [-0.4, -0.2) is 71.0 Å². The zero-order valence-electron chi connectivity index (χ0n) is 15.1. The molecule has 1 aliphatic rings. The molecule has 2 aromatic rings. The average molecular weight is 397 g/mol. The van der Waals surface area contributed by atoms with Crippen LogP contribution in [0, 0.1) is 0 Å². The predicted octanol–water partition coefficient (Wildman–Crippen LogP) is 0.722. The number of morpholine rings is 1. The van der Waals surface area contributed by atoms with E-state index in [1.807, 2.05) is 0 Å². The van der Waals surface area contributed by atoms with Crippen molar-refractivity contribution in [3.05, 3.63) is 22.7 Å². The van der Waals surface area contributed by atoms with E-state index in [9.17, 15) is 4.79 Å². The molecule has 0 aliphatic carbocycles. The second-order valence-electron chi connectivity index (χ2n) is 5.85. The number of hydrogen-bond donors (Lipinski definition) is 1. The Balaban J connectivity index is 1.63. The fourth-order valence-corrected chi connectivity index (χ4v) is 2.88. The second kappa shape index (κ2) is 8.87. The van der Waals surface area contributed by atoms with Crippen molar-refractivity contribution in [1.29, 1.82) is 0 Å². The summed E-state index contributed by atoms with van der Waals surface area (Å²) in [7, 11) is 3.20. The Bertz CT molecular complexity index is 793. The summed E-state index contributed by atoms with van der Waals surface area (Å²) in [6.07, 6.45) is 0. The monoisotopic (exact) mass is 396 g/mol. The Labute approximate surface area is 161 Å². The molecule has 10 nitrogen and oxygen atoms in total. The number of anilines is 1. The minimum Gasteiger partial charge on any atom is -0.493 e. The fourth-order valence-electron chi connectivity index (χ4n) is 2.59. The van der Waals surface area contributed by atoms with Gasteiger partial charge in [0, 0.05) is 19.6 Å². The molecule has 0 unspecified atom stereocenters. The number of hydrogen-bond acceptors (Lipinski definition) is 8. The number of carbonyl (C=O) groups is 1. The number of carbonyl (C=O) groups excluding carboxylic acids is 1. The molecule has 3 rings (SSSR count). The molecule has 1 aliphatic heterocycles. The van der Waals surface area contributed by atoms with Crippen molar-refractivity contribution in [2.24, 2.45) is 7.05 Å². The number of ether oxygens (including phenoxy) is 3. The Morgan fingerprint density at radius 3 is 2.81 bits per heavy atom. The zero-order chi connectivity index (χ0) is 19.2. The molecule has 0 atom stereocenters. The van der Waals surface area contributed by atoms with Gasteiger partial charge < -0.3 is 24.4 Å². The number of amides is 1. The number of methoxy groups -OCH3 is 1. The van der Waals surface area contributed by atoms with E-state index in [1.165, 1.54) is 11.9 Å². The summed E-state index contributed by atoms with van der Waals surface area (Å²) in [4.78, 5) is 15.3. The Hall–Kier alpha value is -2.59. The summed E-state index contributed by atoms with van der Waals surface area (Å²) in [5.41, 5.74) is 0.844. The first-order chi connectivity index (χ1) is 13.1. The van der Waals surface area contributed by atoms with Crippen LogP contribution >= 0.6 is 11.6 Å². The summed E-state index contributed by atoms with van der Waals surface area (Å²) in [5.74, 6) is 1.07. The fraction of sp³-hybridized carbons (Fsp3) is 0.500. The zero-order valence-corrected chi connectivity index (χ0v) is 15.9. The molecule has 146 valence electrons. The van der Waals surface area contributed by atoms with E-state index in [0.717, 1.165) is 5.56 Å². The number of tetrazole rings is 1. The standard InChI is InChI=1S/C16H21ClN6O4/c1-22-20-16(19-21-22)18-9-11-7-12(17)15(13(8-11)25-2)27-10-14(24)23-3-5-26-6-4-23/h7-8H,3-6,9-10H2,1-2H3,(H,18,20). The van der Waals surface area contributed by atoms with Gasteiger partial charge in [0.05, 0.1) is 32.4 Å². The van der Waals surface area contributed by atoms with Crippen LogP contribution in [0.15, 0.2) is 12.1 Å². The van der Waals surface area contributed by atoms with Crippen molar-refractivity contribution < 1.29 is 19.0 Å². The normalized spacial score (nSPS) is 14.1. The van der Waals surface area contributed by atoms with Crippen molar-refractivity contribution in [3.63, 3.8) is 0 Å². The van der Waals surface area contributed by atoms with E-state index in [4.69, 9.17) is 25.8 Å². The molecular weight excluding hydrogens is 376 g/mol. The first kappa shape index (κ1) is 19.2. The highest BCUT2D eigenvalue weighted by Gasteiger charge is 2.19. The van der Waals surface area contributed by atoms with Crippen molar-refractivity contribution in [2.75, 3.05) is 45.3 Å². The van der Waals surface area contributed by atoms with Crippen LogP contribution < -0.4 is 14.8 Å². The molecule has 1 aromatic heterocycles. The van der Waals surface area contributed by atoms with Gasteiger partial charge in [0.25, 0.3) is 11.9 Å².